The van der Waals surface area contributed by atoms with E-state index in [1.165, 1.54) is 5.56 Å². The van der Waals surface area contributed by atoms with Crippen LogP contribution in [-0.2, 0) is 9.53 Å². The number of benzene rings is 1. The van der Waals surface area contributed by atoms with E-state index in [0.717, 1.165) is 38.8 Å². The molecule has 3 rings (SSSR count). The van der Waals surface area contributed by atoms with Crippen LogP contribution in [0, 0.1) is 5.41 Å². The lowest BCUT2D eigenvalue weighted by atomic mass is 9.78. The Morgan fingerprint density at radius 2 is 1.83 bits per heavy atom. The van der Waals surface area contributed by atoms with E-state index in [-0.39, 0.29) is 5.91 Å². The molecule has 0 unspecified atom stereocenters. The van der Waals surface area contributed by atoms with Crippen LogP contribution in [0.3, 0.4) is 0 Å². The number of likely N-dealkylation sites (tertiary alicyclic amines) is 1. The van der Waals surface area contributed by atoms with Gasteiger partial charge in [-0.1, -0.05) is 12.1 Å². The molecule has 2 heterocycles. The van der Waals surface area contributed by atoms with Crippen LogP contribution in [0.4, 0.5) is 0 Å². The number of phenolic OH excluding ortho intramolecular Hbond substituents is 1. The zero-order valence-corrected chi connectivity index (χ0v) is 13.5. The number of ether oxygens (including phenoxy) is 1. The zero-order chi connectivity index (χ0) is 16.3. The van der Waals surface area contributed by atoms with E-state index in [9.17, 15) is 9.90 Å². The lowest BCUT2D eigenvalue weighted by molar-refractivity contribution is -0.148. The van der Waals surface area contributed by atoms with Crippen molar-refractivity contribution in [3.8, 4) is 5.75 Å². The van der Waals surface area contributed by atoms with Gasteiger partial charge in [0.25, 0.3) is 0 Å². The largest absolute Gasteiger partial charge is 0.508 e. The Bertz CT molecular complexity index is 530. The van der Waals surface area contributed by atoms with Crippen LogP contribution in [0.1, 0.15) is 37.2 Å². The van der Waals surface area contributed by atoms with Gasteiger partial charge in [0, 0.05) is 32.8 Å². The molecule has 1 amide bonds. The number of rotatable bonds is 3. The van der Waals surface area contributed by atoms with E-state index >= 15 is 0 Å². The molecule has 1 aromatic rings. The summed E-state index contributed by atoms with van der Waals surface area (Å²) < 4.78 is 5.40. The molecule has 0 spiro atoms. The number of amides is 1. The molecule has 5 nitrogen and oxygen atoms in total. The van der Waals surface area contributed by atoms with Gasteiger partial charge in [-0.15, -0.1) is 0 Å². The van der Waals surface area contributed by atoms with Crippen molar-refractivity contribution >= 4 is 5.91 Å². The van der Waals surface area contributed by atoms with Crippen molar-refractivity contribution in [2.75, 3.05) is 32.8 Å². The van der Waals surface area contributed by atoms with Crippen LogP contribution in [0.2, 0.25) is 0 Å². The number of hydrogen-bond acceptors (Lipinski definition) is 4. The standard InChI is InChI=1S/C18H26N2O3/c19-13-18(7-11-23-12-8-18)17(22)20-9-5-15(6-10-20)14-1-3-16(21)4-2-14/h1-4,15,21H,5-13,19H2. The first kappa shape index (κ1) is 16.3. The summed E-state index contributed by atoms with van der Waals surface area (Å²) in [6, 6.07) is 7.44. The van der Waals surface area contributed by atoms with Gasteiger partial charge in [0.2, 0.25) is 5.91 Å². The van der Waals surface area contributed by atoms with Crippen LogP contribution >= 0.6 is 0 Å². The Morgan fingerprint density at radius 3 is 2.39 bits per heavy atom. The van der Waals surface area contributed by atoms with Gasteiger partial charge in [-0.3, -0.25) is 4.79 Å². The summed E-state index contributed by atoms with van der Waals surface area (Å²) in [4.78, 5) is 14.9. The maximum atomic E-state index is 13.0. The maximum Gasteiger partial charge on any atom is 0.230 e. The molecule has 0 aliphatic carbocycles. The predicted octanol–water partition coefficient (Wildman–Crippen LogP) is 1.85. The number of aromatic hydroxyl groups is 1. The van der Waals surface area contributed by atoms with Crippen LogP contribution in [-0.4, -0.2) is 48.8 Å². The average molecular weight is 318 g/mol. The van der Waals surface area contributed by atoms with Crippen molar-refractivity contribution in [3.05, 3.63) is 29.8 Å². The highest BCUT2D eigenvalue weighted by molar-refractivity contribution is 5.83. The summed E-state index contributed by atoms with van der Waals surface area (Å²) in [7, 11) is 0. The van der Waals surface area contributed by atoms with Gasteiger partial charge in [0.1, 0.15) is 5.75 Å². The third-order valence-corrected chi connectivity index (χ3v) is 5.44. The van der Waals surface area contributed by atoms with Gasteiger partial charge in [0.05, 0.1) is 5.41 Å². The summed E-state index contributed by atoms with van der Waals surface area (Å²) in [5, 5.41) is 9.39. The molecular formula is C18H26N2O3. The fourth-order valence-corrected chi connectivity index (χ4v) is 3.77. The van der Waals surface area contributed by atoms with E-state index in [0.29, 0.717) is 31.4 Å². The van der Waals surface area contributed by atoms with Gasteiger partial charge < -0.3 is 20.5 Å². The highest BCUT2D eigenvalue weighted by atomic mass is 16.5. The molecular weight excluding hydrogens is 292 g/mol. The first-order chi connectivity index (χ1) is 11.1. The topological polar surface area (TPSA) is 75.8 Å². The molecule has 2 saturated heterocycles. The number of carbonyl (C=O) groups is 1. The molecule has 2 aliphatic rings. The minimum Gasteiger partial charge on any atom is -0.508 e. The second kappa shape index (κ2) is 6.89. The second-order valence-electron chi connectivity index (χ2n) is 6.75. The molecule has 0 radical (unpaired) electrons. The van der Waals surface area contributed by atoms with Crippen molar-refractivity contribution in [1.29, 1.82) is 0 Å². The first-order valence-electron chi connectivity index (χ1n) is 8.51. The molecule has 0 bridgehead atoms. The third kappa shape index (κ3) is 3.35. The van der Waals surface area contributed by atoms with Gasteiger partial charge in [-0.05, 0) is 49.3 Å². The Morgan fingerprint density at radius 1 is 1.22 bits per heavy atom. The SMILES string of the molecule is NCC1(C(=O)N2CCC(c3ccc(O)cc3)CC2)CCOCC1. The Labute approximate surface area is 137 Å². The normalized spacial score (nSPS) is 22.0. The molecule has 23 heavy (non-hydrogen) atoms. The fraction of sp³-hybridized carbons (Fsp3) is 0.611. The molecule has 5 heteroatoms. The Kier molecular flexibility index (Phi) is 4.87. The quantitative estimate of drug-likeness (QED) is 0.892. The molecule has 0 aromatic heterocycles. The molecule has 2 fully saturated rings. The summed E-state index contributed by atoms with van der Waals surface area (Å²) in [5.41, 5.74) is 6.78. The minimum absolute atomic E-state index is 0.215. The van der Waals surface area contributed by atoms with Crippen molar-refractivity contribution in [1.82, 2.24) is 4.90 Å². The van der Waals surface area contributed by atoms with Crippen LogP contribution in [0.25, 0.3) is 0 Å². The fourth-order valence-electron chi connectivity index (χ4n) is 3.77. The van der Waals surface area contributed by atoms with Gasteiger partial charge in [0.15, 0.2) is 0 Å². The highest BCUT2D eigenvalue weighted by Crippen LogP contribution is 2.35. The number of carbonyl (C=O) groups excluding carboxylic acids is 1. The Hall–Kier alpha value is -1.59. The smallest absolute Gasteiger partial charge is 0.230 e. The van der Waals surface area contributed by atoms with Crippen molar-refractivity contribution in [2.45, 2.75) is 31.6 Å². The first-order valence-corrected chi connectivity index (χ1v) is 8.51. The van der Waals surface area contributed by atoms with Crippen LogP contribution in [0.5, 0.6) is 5.75 Å². The van der Waals surface area contributed by atoms with Gasteiger partial charge >= 0.3 is 0 Å². The van der Waals surface area contributed by atoms with E-state index in [1.54, 1.807) is 12.1 Å². The molecule has 0 saturated carbocycles. The molecule has 126 valence electrons. The van der Waals surface area contributed by atoms with Crippen LogP contribution < -0.4 is 5.73 Å². The number of phenols is 1. The van der Waals surface area contributed by atoms with E-state index in [2.05, 4.69) is 0 Å². The van der Waals surface area contributed by atoms with E-state index in [4.69, 9.17) is 10.5 Å². The summed E-state index contributed by atoms with van der Waals surface area (Å²) in [6.07, 6.45) is 3.40. The lowest BCUT2D eigenvalue weighted by Crippen LogP contribution is -2.52. The van der Waals surface area contributed by atoms with Gasteiger partial charge in [-0.2, -0.15) is 0 Å². The predicted molar refractivity (Wildman–Crippen MR) is 88.2 cm³/mol. The van der Waals surface area contributed by atoms with Crippen molar-refractivity contribution in [2.24, 2.45) is 11.1 Å². The van der Waals surface area contributed by atoms with Crippen molar-refractivity contribution < 1.29 is 14.6 Å². The minimum atomic E-state index is -0.413. The molecule has 2 aliphatic heterocycles. The lowest BCUT2D eigenvalue weighted by Gasteiger charge is -2.41. The van der Waals surface area contributed by atoms with E-state index in [1.807, 2.05) is 17.0 Å². The number of nitrogens with zero attached hydrogens (tertiary/aromatic N) is 1. The summed E-state index contributed by atoms with van der Waals surface area (Å²) >= 11 is 0. The highest BCUT2D eigenvalue weighted by Gasteiger charge is 2.42. The monoisotopic (exact) mass is 318 g/mol. The maximum absolute atomic E-state index is 13.0. The molecule has 3 N–H and O–H groups in total. The number of nitrogens with two attached hydrogens (primary N) is 1. The molecule has 1 aromatic carbocycles. The third-order valence-electron chi connectivity index (χ3n) is 5.44. The summed E-state index contributed by atoms with van der Waals surface area (Å²) in [6.45, 7) is 3.24. The second-order valence-corrected chi connectivity index (χ2v) is 6.75. The Balaban J connectivity index is 1.61. The van der Waals surface area contributed by atoms with Gasteiger partial charge in [-0.25, -0.2) is 0 Å². The summed E-state index contributed by atoms with van der Waals surface area (Å²) in [5.74, 6) is 0.974. The molecule has 0 atom stereocenters. The van der Waals surface area contributed by atoms with E-state index < -0.39 is 5.41 Å². The van der Waals surface area contributed by atoms with Crippen molar-refractivity contribution in [3.63, 3.8) is 0 Å². The van der Waals surface area contributed by atoms with Crippen LogP contribution in [0.15, 0.2) is 24.3 Å². The number of hydrogen-bond donors (Lipinski definition) is 2. The average Bonchev–Trinajstić information content (AvgIpc) is 2.62. The zero-order valence-electron chi connectivity index (χ0n) is 13.5. The number of piperidine rings is 1.